The zero-order valence-electron chi connectivity index (χ0n) is 27.1. The van der Waals surface area contributed by atoms with Gasteiger partial charge in [-0.1, -0.05) is 42.5 Å². The van der Waals surface area contributed by atoms with E-state index in [-0.39, 0.29) is 0 Å². The number of nitriles is 2. The van der Waals surface area contributed by atoms with E-state index < -0.39 is 7.92 Å². The van der Waals surface area contributed by atoms with Crippen LogP contribution < -0.4 is 30.1 Å². The van der Waals surface area contributed by atoms with Crippen LogP contribution in [0.4, 0.5) is 0 Å². The molecule has 0 spiro atoms. The highest BCUT2D eigenvalue weighted by atomic mass is 31.1. The van der Waals surface area contributed by atoms with Crippen molar-refractivity contribution < 1.29 is 14.2 Å². The molecule has 7 aromatic carbocycles. The maximum absolute atomic E-state index is 9.74. The van der Waals surface area contributed by atoms with Crippen LogP contribution in [0.3, 0.4) is 0 Å². The Bertz CT molecular complexity index is 3070. The quantitative estimate of drug-likeness (QED) is 0.169. The van der Waals surface area contributed by atoms with Crippen LogP contribution >= 0.6 is 7.92 Å². The van der Waals surface area contributed by atoms with Gasteiger partial charge in [0.2, 0.25) is 0 Å². The highest BCUT2D eigenvalue weighted by molar-refractivity contribution is 7.81. The molecule has 0 bridgehead atoms. The smallest absolute Gasteiger partial charge is 0.163 e. The SMILES string of the molecule is N#Cc1ccc2c(c1)c1ccccc1n2-c1ccc2c3c1Oc1cccc4c1P3c1c(ccc(-n3c5ccccc5c5cc(C#N)ccc53)c1O2)O4. The summed E-state index contributed by atoms with van der Waals surface area (Å²) in [6, 6.07) is 47.2. The van der Waals surface area contributed by atoms with Gasteiger partial charge in [0.15, 0.2) is 11.5 Å². The predicted molar refractivity (Wildman–Crippen MR) is 203 cm³/mol. The van der Waals surface area contributed by atoms with Crippen LogP contribution in [0.2, 0.25) is 0 Å². The molecule has 3 aliphatic heterocycles. The molecule has 52 heavy (non-hydrogen) atoms. The Labute approximate surface area is 297 Å². The van der Waals surface area contributed by atoms with Gasteiger partial charge in [0.1, 0.15) is 23.0 Å². The molecule has 0 aliphatic carbocycles. The van der Waals surface area contributed by atoms with Gasteiger partial charge in [0, 0.05) is 29.5 Å². The maximum Gasteiger partial charge on any atom is 0.163 e. The number of aromatic nitrogens is 2. The van der Waals surface area contributed by atoms with Crippen molar-refractivity contribution in [2.45, 2.75) is 0 Å². The Morgan fingerprint density at radius 1 is 0.423 bits per heavy atom. The second-order valence-corrected chi connectivity index (χ2v) is 15.2. The van der Waals surface area contributed by atoms with Crippen molar-refractivity contribution in [3.63, 3.8) is 0 Å². The largest absolute Gasteiger partial charge is 0.456 e. The summed E-state index contributed by atoms with van der Waals surface area (Å²) in [5, 5.41) is 26.7. The number of benzene rings is 7. The van der Waals surface area contributed by atoms with Gasteiger partial charge in [-0.3, -0.25) is 0 Å². The monoisotopic (exact) mass is 684 g/mol. The fraction of sp³-hybridized carbons (Fsp3) is 0. The maximum atomic E-state index is 9.74. The minimum atomic E-state index is -1.16. The zero-order chi connectivity index (χ0) is 34.2. The van der Waals surface area contributed by atoms with Crippen LogP contribution in [0.1, 0.15) is 11.1 Å². The van der Waals surface area contributed by atoms with E-state index in [4.69, 9.17) is 14.2 Å². The fourth-order valence-electron chi connectivity index (χ4n) is 8.39. The molecule has 7 nitrogen and oxygen atoms in total. The van der Waals surface area contributed by atoms with Gasteiger partial charge in [-0.2, -0.15) is 10.5 Å². The number of hydrogen-bond donors (Lipinski definition) is 0. The summed E-state index contributed by atoms with van der Waals surface area (Å²) in [6.45, 7) is 0. The average molecular weight is 685 g/mol. The van der Waals surface area contributed by atoms with Crippen molar-refractivity contribution in [2.24, 2.45) is 0 Å². The lowest BCUT2D eigenvalue weighted by atomic mass is 10.1. The Morgan fingerprint density at radius 3 is 1.42 bits per heavy atom. The van der Waals surface area contributed by atoms with Crippen LogP contribution in [0.5, 0.6) is 34.5 Å². The van der Waals surface area contributed by atoms with Crippen LogP contribution in [0.15, 0.2) is 127 Å². The molecule has 2 aromatic heterocycles. The molecule has 5 heterocycles. The van der Waals surface area contributed by atoms with Crippen molar-refractivity contribution >= 4 is 67.4 Å². The van der Waals surface area contributed by atoms with E-state index in [0.29, 0.717) is 11.1 Å². The third-order valence-electron chi connectivity index (χ3n) is 10.5. The molecular weight excluding hydrogens is 663 g/mol. The molecule has 240 valence electrons. The molecule has 3 aliphatic rings. The number of fused-ring (bicyclic) bond motifs is 6. The minimum Gasteiger partial charge on any atom is -0.456 e. The van der Waals surface area contributed by atoms with E-state index in [1.165, 1.54) is 0 Å². The standard InChI is InChI=1S/C44H21N4O3P/c45-22-24-12-14-32-28(20-24)26-6-1-3-8-30(26)47(32)34-16-18-38-43-40(34)51-39-19-17-35(41-44(39)52(43)42-36(49-38)10-5-11-37(42)50-41)48-31-9-4-2-7-27(31)29-21-25(23-46)13-15-33(29)48/h1-21H. The van der Waals surface area contributed by atoms with E-state index in [0.717, 1.165) is 105 Å². The van der Waals surface area contributed by atoms with E-state index in [9.17, 15) is 10.5 Å². The summed E-state index contributed by atoms with van der Waals surface area (Å²) in [5.41, 5.74) is 7.08. The first-order valence-electron chi connectivity index (χ1n) is 16.9. The lowest BCUT2D eigenvalue weighted by molar-refractivity contribution is 0.444. The van der Waals surface area contributed by atoms with E-state index in [2.05, 4.69) is 69.8 Å². The number of hydrogen-bond acceptors (Lipinski definition) is 5. The summed E-state index contributed by atoms with van der Waals surface area (Å²) in [5.74, 6) is 4.59. The Balaban J connectivity index is 1.15. The van der Waals surface area contributed by atoms with Crippen LogP contribution in [-0.4, -0.2) is 9.13 Å². The Kier molecular flexibility index (Phi) is 5.23. The average Bonchev–Trinajstić information content (AvgIpc) is 3.70. The van der Waals surface area contributed by atoms with Crippen molar-refractivity contribution in [1.29, 1.82) is 10.5 Å². The third kappa shape index (κ3) is 3.41. The van der Waals surface area contributed by atoms with Gasteiger partial charge >= 0.3 is 0 Å². The van der Waals surface area contributed by atoms with Gasteiger partial charge in [0.05, 0.1) is 72.6 Å². The van der Waals surface area contributed by atoms with Crippen molar-refractivity contribution in [3.8, 4) is 58.0 Å². The number of para-hydroxylation sites is 2. The summed E-state index contributed by atoms with van der Waals surface area (Å²) in [7, 11) is -1.16. The summed E-state index contributed by atoms with van der Waals surface area (Å²) in [4.78, 5) is 0. The first-order chi connectivity index (χ1) is 25.7. The van der Waals surface area contributed by atoms with Gasteiger partial charge < -0.3 is 23.3 Å². The van der Waals surface area contributed by atoms with Crippen LogP contribution in [0.25, 0.3) is 55.0 Å². The first-order valence-corrected chi connectivity index (χ1v) is 18.2. The fourth-order valence-corrected chi connectivity index (χ4v) is 11.2. The molecule has 0 saturated carbocycles. The molecule has 8 heteroatoms. The van der Waals surface area contributed by atoms with Gasteiger partial charge in [-0.25, -0.2) is 0 Å². The number of rotatable bonds is 2. The molecule has 0 N–H and O–H groups in total. The molecule has 0 radical (unpaired) electrons. The summed E-state index contributed by atoms with van der Waals surface area (Å²) >= 11 is 0. The summed E-state index contributed by atoms with van der Waals surface area (Å²) in [6.07, 6.45) is 0. The Morgan fingerprint density at radius 2 is 0.885 bits per heavy atom. The van der Waals surface area contributed by atoms with Crippen LogP contribution in [-0.2, 0) is 0 Å². The highest BCUT2D eigenvalue weighted by Crippen LogP contribution is 2.61. The molecule has 0 saturated heterocycles. The molecule has 0 amide bonds. The van der Waals surface area contributed by atoms with Crippen LogP contribution in [0, 0.1) is 22.7 Å². The molecular formula is C44H21N4O3P. The third-order valence-corrected chi connectivity index (χ3v) is 13.1. The minimum absolute atomic E-state index is 0.618. The predicted octanol–water partition coefficient (Wildman–Crippen LogP) is 9.70. The highest BCUT2D eigenvalue weighted by Gasteiger charge is 2.45. The van der Waals surface area contributed by atoms with E-state index in [1.807, 2.05) is 78.9 Å². The molecule has 9 aromatic rings. The van der Waals surface area contributed by atoms with Crippen molar-refractivity contribution in [2.75, 3.05) is 0 Å². The van der Waals surface area contributed by atoms with Gasteiger partial charge in [-0.05, 0) is 84.9 Å². The molecule has 1 atom stereocenters. The zero-order valence-corrected chi connectivity index (χ0v) is 28.0. The Hall–Kier alpha value is -7.05. The van der Waals surface area contributed by atoms with Gasteiger partial charge in [0.25, 0.3) is 0 Å². The van der Waals surface area contributed by atoms with E-state index in [1.54, 1.807) is 0 Å². The first kappa shape index (κ1) is 27.7. The lowest BCUT2D eigenvalue weighted by Crippen LogP contribution is -2.36. The summed E-state index contributed by atoms with van der Waals surface area (Å²) < 4.78 is 25.1. The number of nitrogens with zero attached hydrogens (tertiary/aromatic N) is 4. The van der Waals surface area contributed by atoms with Gasteiger partial charge in [-0.15, -0.1) is 0 Å². The molecule has 0 fully saturated rings. The second kappa shape index (κ2) is 9.80. The van der Waals surface area contributed by atoms with E-state index >= 15 is 0 Å². The normalized spacial score (nSPS) is 14.4. The second-order valence-electron chi connectivity index (χ2n) is 13.2. The van der Waals surface area contributed by atoms with Crippen molar-refractivity contribution in [3.05, 3.63) is 139 Å². The molecule has 12 rings (SSSR count). The number of ether oxygens (including phenoxy) is 3. The lowest BCUT2D eigenvalue weighted by Gasteiger charge is -2.40. The topological polar surface area (TPSA) is 85.1 Å². The van der Waals surface area contributed by atoms with Crippen molar-refractivity contribution in [1.82, 2.24) is 9.13 Å². The molecule has 1 unspecified atom stereocenters.